The number of aryl methyl sites for hydroxylation is 1. The lowest BCUT2D eigenvalue weighted by Gasteiger charge is -2.01. The third-order valence-electron chi connectivity index (χ3n) is 2.40. The third kappa shape index (κ3) is 12.6. The molecule has 0 atom stereocenters. The molecule has 1 aliphatic carbocycles. The first-order valence-corrected chi connectivity index (χ1v) is 9.26. The Morgan fingerprint density at radius 1 is 0.583 bits per heavy atom. The molecule has 0 saturated carbocycles. The van der Waals surface area contributed by atoms with Gasteiger partial charge in [-0.3, -0.25) is 4.99 Å². The van der Waals surface area contributed by atoms with Crippen LogP contribution in [0.25, 0.3) is 0 Å². The molecule has 2 heteroatoms. The van der Waals surface area contributed by atoms with Crippen LogP contribution in [0.5, 0.6) is 0 Å². The van der Waals surface area contributed by atoms with Gasteiger partial charge in [0.1, 0.15) is 0 Å². The van der Waals surface area contributed by atoms with Crippen molar-refractivity contribution < 1.29 is 0 Å². The number of hydrogen-bond acceptors (Lipinski definition) is 2. The van der Waals surface area contributed by atoms with Crippen LogP contribution in [0.4, 0.5) is 5.69 Å². The van der Waals surface area contributed by atoms with Gasteiger partial charge in [0, 0.05) is 7.05 Å². The maximum absolute atomic E-state index is 4.52. The van der Waals surface area contributed by atoms with E-state index < -0.39 is 0 Å². The molecule has 0 unspecified atom stereocenters. The fourth-order valence-electron chi connectivity index (χ4n) is 1.44. The predicted octanol–water partition coefficient (Wildman–Crippen LogP) is 7.37. The molecule has 1 aromatic carbocycles. The average molecular weight is 331 g/mol. The van der Waals surface area contributed by atoms with Crippen LogP contribution < -0.4 is 0 Å². The van der Waals surface area contributed by atoms with Crippen LogP contribution in [0, 0.1) is 6.92 Å². The van der Waals surface area contributed by atoms with Gasteiger partial charge >= 0.3 is 0 Å². The molecular weight excluding hydrogens is 292 g/mol. The Morgan fingerprint density at radius 2 is 0.958 bits per heavy atom. The second-order valence-electron chi connectivity index (χ2n) is 3.69. The van der Waals surface area contributed by atoms with E-state index in [0.717, 1.165) is 17.1 Å². The first kappa shape index (κ1) is 26.9. The summed E-state index contributed by atoms with van der Waals surface area (Å²) >= 11 is 0. The Labute approximate surface area is 151 Å². The number of rotatable bonds is 1. The van der Waals surface area contributed by atoms with E-state index >= 15 is 0 Å². The molecule has 0 saturated heterocycles. The van der Waals surface area contributed by atoms with Gasteiger partial charge in [-0.15, -0.1) is 0 Å². The van der Waals surface area contributed by atoms with E-state index in [0.29, 0.717) is 0 Å². The summed E-state index contributed by atoms with van der Waals surface area (Å²) in [7, 11) is 1.78. The van der Waals surface area contributed by atoms with E-state index in [1.165, 1.54) is 5.56 Å². The molecule has 136 valence electrons. The van der Waals surface area contributed by atoms with E-state index in [2.05, 4.69) is 29.0 Å². The number of nitrogens with zero attached hydrogens (tertiary/aromatic N) is 2. The molecule has 24 heavy (non-hydrogen) atoms. The summed E-state index contributed by atoms with van der Waals surface area (Å²) in [6.07, 6.45) is 7.88. The molecule has 1 aromatic rings. The minimum absolute atomic E-state index is 0.955. The van der Waals surface area contributed by atoms with Crippen molar-refractivity contribution >= 4 is 17.1 Å². The zero-order valence-electron chi connectivity index (χ0n) is 17.5. The van der Waals surface area contributed by atoms with Crippen molar-refractivity contribution in [3.8, 4) is 0 Å². The summed E-state index contributed by atoms with van der Waals surface area (Å²) in [6, 6.07) is 8.17. The van der Waals surface area contributed by atoms with Crippen LogP contribution in [0.1, 0.15) is 61.0 Å². The van der Waals surface area contributed by atoms with Crippen molar-refractivity contribution in [2.75, 3.05) is 7.05 Å². The first-order valence-electron chi connectivity index (χ1n) is 9.26. The van der Waals surface area contributed by atoms with Crippen molar-refractivity contribution in [3.63, 3.8) is 0 Å². The Balaban J connectivity index is -0.000000484. The quantitative estimate of drug-likeness (QED) is 0.480. The molecule has 0 aromatic heterocycles. The zero-order valence-corrected chi connectivity index (χ0v) is 17.5. The van der Waals surface area contributed by atoms with Gasteiger partial charge in [-0.2, -0.15) is 0 Å². The van der Waals surface area contributed by atoms with Crippen LogP contribution >= 0.6 is 0 Å². The highest BCUT2D eigenvalue weighted by atomic mass is 14.7. The number of allylic oxidation sites excluding steroid dienone is 4. The minimum Gasteiger partial charge on any atom is -0.289 e. The topological polar surface area (TPSA) is 24.7 Å². The SMILES string of the molecule is CC.CC.CC.CC.CN=C1C=CC(=Nc2ccc(C)cc2)C=C1. The largest absolute Gasteiger partial charge is 0.289 e. The van der Waals surface area contributed by atoms with Crippen LogP contribution in [0.3, 0.4) is 0 Å². The molecule has 0 bridgehead atoms. The fraction of sp³-hybridized carbons (Fsp3) is 0.455. The summed E-state index contributed by atoms with van der Waals surface area (Å²) in [4.78, 5) is 8.60. The Hall–Kier alpha value is -1.96. The average Bonchev–Trinajstić information content (AvgIpc) is 2.70. The Kier molecular flexibility index (Phi) is 23.6. The fourth-order valence-corrected chi connectivity index (χ4v) is 1.44. The standard InChI is InChI=1S/C14H14N2.4C2H6/c1-11-3-5-13(6-4-11)16-14-9-7-12(15-2)8-10-14;4*1-2/h3-10H,1-2H3;4*1-2H3. The van der Waals surface area contributed by atoms with E-state index in [1.54, 1.807) is 7.05 Å². The van der Waals surface area contributed by atoms with Crippen LogP contribution in [0.15, 0.2) is 58.6 Å². The first-order chi connectivity index (χ1) is 11.8. The second kappa shape index (κ2) is 21.0. The van der Waals surface area contributed by atoms with Gasteiger partial charge in [-0.25, -0.2) is 4.99 Å². The van der Waals surface area contributed by atoms with Crippen LogP contribution in [-0.4, -0.2) is 18.5 Å². The van der Waals surface area contributed by atoms with E-state index in [1.807, 2.05) is 91.8 Å². The van der Waals surface area contributed by atoms with E-state index in [9.17, 15) is 0 Å². The summed E-state index contributed by atoms with van der Waals surface area (Å²) in [5, 5.41) is 0. The summed E-state index contributed by atoms with van der Waals surface area (Å²) in [6.45, 7) is 18.1. The van der Waals surface area contributed by atoms with Gasteiger partial charge < -0.3 is 0 Å². The molecule has 2 nitrogen and oxygen atoms in total. The molecule has 0 N–H and O–H groups in total. The predicted molar refractivity (Wildman–Crippen MR) is 115 cm³/mol. The van der Waals surface area contributed by atoms with Crippen molar-refractivity contribution in [3.05, 3.63) is 54.1 Å². The minimum atomic E-state index is 0.955. The van der Waals surface area contributed by atoms with Gasteiger partial charge in [0.15, 0.2) is 0 Å². The normalized spacial score (nSPS) is 10.4. The number of benzene rings is 1. The molecule has 2 rings (SSSR count). The lowest BCUT2D eigenvalue weighted by atomic mass is 10.1. The highest BCUT2D eigenvalue weighted by molar-refractivity contribution is 6.18. The summed E-state index contributed by atoms with van der Waals surface area (Å²) < 4.78 is 0. The van der Waals surface area contributed by atoms with Crippen molar-refractivity contribution in [1.82, 2.24) is 0 Å². The Morgan fingerprint density at radius 3 is 1.33 bits per heavy atom. The van der Waals surface area contributed by atoms with Gasteiger partial charge in [0.05, 0.1) is 17.1 Å². The molecule has 0 radical (unpaired) electrons. The summed E-state index contributed by atoms with van der Waals surface area (Å²) in [5.74, 6) is 0. The third-order valence-corrected chi connectivity index (χ3v) is 2.40. The number of aliphatic imine (C=N–C) groups is 2. The van der Waals surface area contributed by atoms with Crippen molar-refractivity contribution in [1.29, 1.82) is 0 Å². The Bertz CT molecular complexity index is 471. The highest BCUT2D eigenvalue weighted by Gasteiger charge is 1.98. The van der Waals surface area contributed by atoms with E-state index in [4.69, 9.17) is 0 Å². The molecule has 1 aliphatic rings. The molecule has 0 fully saturated rings. The van der Waals surface area contributed by atoms with Gasteiger partial charge in [-0.05, 0) is 43.4 Å². The monoisotopic (exact) mass is 330 g/mol. The molecule has 0 aliphatic heterocycles. The van der Waals surface area contributed by atoms with Crippen molar-refractivity contribution in [2.45, 2.75) is 62.3 Å². The van der Waals surface area contributed by atoms with Crippen molar-refractivity contribution in [2.24, 2.45) is 9.98 Å². The van der Waals surface area contributed by atoms with Gasteiger partial charge in [-0.1, -0.05) is 73.1 Å². The highest BCUT2D eigenvalue weighted by Crippen LogP contribution is 2.14. The zero-order chi connectivity index (χ0) is 19.4. The van der Waals surface area contributed by atoms with Gasteiger partial charge in [0.25, 0.3) is 0 Å². The molecule has 0 spiro atoms. The maximum atomic E-state index is 4.52. The van der Waals surface area contributed by atoms with E-state index in [-0.39, 0.29) is 0 Å². The molecule has 0 amide bonds. The number of hydrogen-bond donors (Lipinski definition) is 0. The summed E-state index contributed by atoms with van der Waals surface area (Å²) in [5.41, 5.74) is 4.16. The second-order valence-corrected chi connectivity index (χ2v) is 3.69. The maximum Gasteiger partial charge on any atom is 0.0638 e. The van der Waals surface area contributed by atoms with Crippen LogP contribution in [-0.2, 0) is 0 Å². The smallest absolute Gasteiger partial charge is 0.0638 e. The molecule has 0 heterocycles. The lowest BCUT2D eigenvalue weighted by Crippen LogP contribution is -1.99. The molecular formula is C22H38N2. The van der Waals surface area contributed by atoms with Gasteiger partial charge in [0.2, 0.25) is 0 Å². The van der Waals surface area contributed by atoms with Crippen LogP contribution in [0.2, 0.25) is 0 Å². The lowest BCUT2D eigenvalue weighted by molar-refractivity contribution is 1.43.